The van der Waals surface area contributed by atoms with Gasteiger partial charge in [0.2, 0.25) is 0 Å². The predicted molar refractivity (Wildman–Crippen MR) is 162 cm³/mol. The van der Waals surface area contributed by atoms with Crippen molar-refractivity contribution in [1.29, 1.82) is 0 Å². The molecule has 0 atom stereocenters. The summed E-state index contributed by atoms with van der Waals surface area (Å²) in [5, 5.41) is 17.0. The molecule has 0 unspecified atom stereocenters. The minimum atomic E-state index is -0.580. The Labute approximate surface area is 247 Å². The summed E-state index contributed by atoms with van der Waals surface area (Å²) in [6, 6.07) is 22.4. The number of fused-ring (bicyclic) bond motifs is 1. The van der Waals surface area contributed by atoms with E-state index in [1.54, 1.807) is 4.90 Å². The quantitative estimate of drug-likeness (QED) is 0.191. The highest BCUT2D eigenvalue weighted by Gasteiger charge is 2.28. The van der Waals surface area contributed by atoms with Gasteiger partial charge in [0.25, 0.3) is 11.6 Å². The maximum atomic E-state index is 13.2. The third kappa shape index (κ3) is 5.28. The molecule has 3 heterocycles. The molecule has 0 radical (unpaired) electrons. The second kappa shape index (κ2) is 11.2. The molecule has 1 aliphatic rings. The fourth-order valence-electron chi connectivity index (χ4n) is 5.24. The molecule has 1 saturated heterocycles. The van der Waals surface area contributed by atoms with E-state index in [1.807, 2.05) is 41.9 Å². The first kappa shape index (κ1) is 27.3. The minimum Gasteiger partial charge on any atom is -0.352 e. The van der Waals surface area contributed by atoms with Gasteiger partial charge in [0.15, 0.2) is 5.65 Å². The van der Waals surface area contributed by atoms with E-state index in [0.717, 1.165) is 33.8 Å². The van der Waals surface area contributed by atoms with Crippen LogP contribution in [0.3, 0.4) is 0 Å². The number of nitro groups is 1. The number of anilines is 1. The van der Waals surface area contributed by atoms with Gasteiger partial charge in [0.05, 0.1) is 21.7 Å². The van der Waals surface area contributed by atoms with E-state index in [-0.39, 0.29) is 22.2 Å². The fourth-order valence-corrected chi connectivity index (χ4v) is 5.43. The van der Waals surface area contributed by atoms with Gasteiger partial charge < -0.3 is 9.80 Å². The number of nitrogens with zero attached hydrogens (tertiary/aromatic N) is 7. The molecule has 1 amide bonds. The Bertz CT molecular complexity index is 1800. The Hall–Kier alpha value is -4.83. The molecular weight excluding hydrogens is 554 g/mol. The van der Waals surface area contributed by atoms with Gasteiger partial charge in [-0.2, -0.15) is 5.10 Å². The third-order valence-electron chi connectivity index (χ3n) is 7.47. The Morgan fingerprint density at radius 3 is 2.36 bits per heavy atom. The van der Waals surface area contributed by atoms with Crippen LogP contribution in [0.15, 0.2) is 72.8 Å². The van der Waals surface area contributed by atoms with Crippen molar-refractivity contribution in [1.82, 2.24) is 24.6 Å². The zero-order chi connectivity index (χ0) is 29.4. The molecule has 1 fully saturated rings. The first-order valence-corrected chi connectivity index (χ1v) is 14.0. The topological polar surface area (TPSA) is 110 Å². The second-order valence-corrected chi connectivity index (χ2v) is 10.8. The van der Waals surface area contributed by atoms with Gasteiger partial charge in [0.1, 0.15) is 16.7 Å². The number of halogens is 1. The molecule has 1 aliphatic heterocycles. The third-order valence-corrected chi connectivity index (χ3v) is 7.79. The number of rotatable bonds is 6. The van der Waals surface area contributed by atoms with Crippen LogP contribution in [0, 0.1) is 24.0 Å². The maximum absolute atomic E-state index is 13.2. The Morgan fingerprint density at radius 1 is 0.952 bits per heavy atom. The number of piperazine rings is 1. The van der Waals surface area contributed by atoms with Crippen molar-refractivity contribution in [2.75, 3.05) is 31.1 Å². The summed E-state index contributed by atoms with van der Waals surface area (Å²) in [5.74, 6) is 1.21. The number of carbonyl (C=O) groups excluding carboxylic acids is 1. The van der Waals surface area contributed by atoms with Crippen molar-refractivity contribution < 1.29 is 9.72 Å². The molecule has 0 bridgehead atoms. The lowest BCUT2D eigenvalue weighted by atomic mass is 10.1. The van der Waals surface area contributed by atoms with Gasteiger partial charge in [-0.3, -0.25) is 14.9 Å². The van der Waals surface area contributed by atoms with Gasteiger partial charge in [0, 0.05) is 44.2 Å². The Balaban J connectivity index is 1.33. The molecule has 11 heteroatoms. The lowest BCUT2D eigenvalue weighted by molar-refractivity contribution is -0.384. The normalized spacial score (nSPS) is 13.5. The molecule has 0 spiro atoms. The maximum Gasteiger partial charge on any atom is 0.288 e. The minimum absolute atomic E-state index is 0.00186. The summed E-state index contributed by atoms with van der Waals surface area (Å²) < 4.78 is 1.86. The number of hydrogen-bond donors (Lipinski definition) is 0. The van der Waals surface area contributed by atoms with Gasteiger partial charge in [-0.25, -0.2) is 14.6 Å². The first-order chi connectivity index (χ1) is 20.3. The summed E-state index contributed by atoms with van der Waals surface area (Å²) in [7, 11) is 0. The highest BCUT2D eigenvalue weighted by Crippen LogP contribution is 2.31. The van der Waals surface area contributed by atoms with Crippen molar-refractivity contribution in [2.45, 2.75) is 20.3 Å². The van der Waals surface area contributed by atoms with Crippen molar-refractivity contribution in [3.63, 3.8) is 0 Å². The number of aryl methyl sites for hydroxylation is 2. The van der Waals surface area contributed by atoms with Crippen LogP contribution in [0.25, 0.3) is 16.7 Å². The molecule has 6 rings (SSSR count). The van der Waals surface area contributed by atoms with E-state index in [1.165, 1.54) is 23.8 Å². The van der Waals surface area contributed by atoms with Crippen molar-refractivity contribution >= 4 is 40.0 Å². The van der Waals surface area contributed by atoms with Gasteiger partial charge in [-0.05, 0) is 43.7 Å². The summed E-state index contributed by atoms with van der Waals surface area (Å²) in [4.78, 5) is 37.9. The number of amides is 1. The van der Waals surface area contributed by atoms with Crippen LogP contribution >= 0.6 is 11.6 Å². The molecule has 10 nitrogen and oxygen atoms in total. The second-order valence-electron chi connectivity index (χ2n) is 10.4. The molecule has 2 aromatic heterocycles. The standard InChI is InChI=1S/C31H28ClN7O3/c1-20-8-10-22(11-9-20)18-27-33-29(28-21(2)35-38(30(28)34-27)24-6-4-3-5-7-24)36-14-16-37(17-15-36)31(40)23-12-13-25(32)26(19-23)39(41)42/h3-13,19H,14-18H2,1-2H3. The highest BCUT2D eigenvalue weighted by molar-refractivity contribution is 6.32. The van der Waals surface area contributed by atoms with Crippen molar-refractivity contribution in [2.24, 2.45) is 0 Å². The lowest BCUT2D eigenvalue weighted by Crippen LogP contribution is -2.49. The average molecular weight is 582 g/mol. The zero-order valence-corrected chi connectivity index (χ0v) is 24.0. The number of para-hydroxylation sites is 1. The van der Waals surface area contributed by atoms with E-state index < -0.39 is 4.92 Å². The summed E-state index contributed by atoms with van der Waals surface area (Å²) in [6.45, 7) is 5.95. The molecule has 0 aliphatic carbocycles. The smallest absolute Gasteiger partial charge is 0.288 e. The fraction of sp³-hybridized carbons (Fsp3) is 0.226. The highest BCUT2D eigenvalue weighted by atomic mass is 35.5. The number of aromatic nitrogens is 4. The van der Waals surface area contributed by atoms with Crippen molar-refractivity contribution in [3.05, 3.63) is 116 Å². The van der Waals surface area contributed by atoms with E-state index >= 15 is 0 Å². The van der Waals surface area contributed by atoms with E-state index in [9.17, 15) is 14.9 Å². The van der Waals surface area contributed by atoms with Crippen LogP contribution in [0.1, 0.15) is 33.0 Å². The molecule has 5 aromatic rings. The summed E-state index contributed by atoms with van der Waals surface area (Å²) in [5.41, 5.74) is 4.72. The monoisotopic (exact) mass is 581 g/mol. The number of nitro benzene ring substituents is 1. The molecule has 3 aromatic carbocycles. The zero-order valence-electron chi connectivity index (χ0n) is 23.2. The molecule has 0 N–H and O–H groups in total. The van der Waals surface area contributed by atoms with Crippen LogP contribution in [-0.2, 0) is 6.42 Å². The lowest BCUT2D eigenvalue weighted by Gasteiger charge is -2.35. The van der Waals surface area contributed by atoms with Gasteiger partial charge >= 0.3 is 0 Å². The van der Waals surface area contributed by atoms with Crippen molar-refractivity contribution in [3.8, 4) is 5.69 Å². The van der Waals surface area contributed by atoms with Gasteiger partial charge in [-0.1, -0.05) is 59.6 Å². The number of hydrogen-bond acceptors (Lipinski definition) is 7. The van der Waals surface area contributed by atoms with Gasteiger partial charge in [-0.15, -0.1) is 0 Å². The predicted octanol–water partition coefficient (Wildman–Crippen LogP) is 5.55. The van der Waals surface area contributed by atoms with Crippen LogP contribution in [0.4, 0.5) is 11.5 Å². The van der Waals surface area contributed by atoms with Crippen LogP contribution in [-0.4, -0.2) is 61.7 Å². The summed E-state index contributed by atoms with van der Waals surface area (Å²) in [6.07, 6.45) is 0.566. The number of benzene rings is 3. The first-order valence-electron chi connectivity index (χ1n) is 13.6. The van der Waals surface area contributed by atoms with Crippen LogP contribution < -0.4 is 4.90 Å². The summed E-state index contributed by atoms with van der Waals surface area (Å²) >= 11 is 5.95. The Morgan fingerprint density at radius 2 is 1.67 bits per heavy atom. The largest absolute Gasteiger partial charge is 0.352 e. The molecule has 212 valence electrons. The molecular formula is C31H28ClN7O3. The van der Waals surface area contributed by atoms with Crippen LogP contribution in [0.2, 0.25) is 5.02 Å². The van der Waals surface area contributed by atoms with E-state index in [0.29, 0.717) is 38.4 Å². The molecule has 42 heavy (non-hydrogen) atoms. The molecule has 0 saturated carbocycles. The SMILES string of the molecule is Cc1ccc(Cc2nc(N3CCN(C(=O)c4ccc(Cl)c([N+](=O)[O-])c4)CC3)c3c(C)nn(-c4ccccc4)c3n2)cc1. The van der Waals surface area contributed by atoms with E-state index in [2.05, 4.69) is 36.1 Å². The van der Waals surface area contributed by atoms with E-state index in [4.69, 9.17) is 26.7 Å². The Kier molecular flexibility index (Phi) is 7.30. The average Bonchev–Trinajstić information content (AvgIpc) is 3.34. The van der Waals surface area contributed by atoms with Crippen LogP contribution in [0.5, 0.6) is 0 Å². The number of carbonyl (C=O) groups is 1.